The van der Waals surface area contributed by atoms with Crippen molar-refractivity contribution >= 4 is 41.5 Å². The van der Waals surface area contributed by atoms with E-state index in [4.69, 9.17) is 10.5 Å². The molecule has 0 bridgehead atoms. The average Bonchev–Trinajstić information content (AvgIpc) is 2.92. The fraction of sp³-hybridized carbons (Fsp3) is 0.500. The molecule has 3 N–H and O–H groups in total. The normalized spacial score (nSPS) is 16.2. The van der Waals surface area contributed by atoms with Crippen molar-refractivity contribution in [1.82, 2.24) is 5.32 Å². The molecule has 0 spiro atoms. The summed E-state index contributed by atoms with van der Waals surface area (Å²) in [4.78, 5) is 17.8. The van der Waals surface area contributed by atoms with Crippen molar-refractivity contribution in [3.05, 3.63) is 29.8 Å². The molecule has 1 amide bonds. The summed E-state index contributed by atoms with van der Waals surface area (Å²) in [5.74, 6) is 0.606. The minimum atomic E-state index is 0. The van der Waals surface area contributed by atoms with E-state index in [1.807, 2.05) is 36.1 Å². The van der Waals surface area contributed by atoms with Gasteiger partial charge in [0.1, 0.15) is 0 Å². The van der Waals surface area contributed by atoms with E-state index in [1.54, 1.807) is 7.11 Å². The Balaban J connectivity index is 0.00000264. The maximum Gasteiger partial charge on any atom is 0.227 e. The lowest BCUT2D eigenvalue weighted by Crippen LogP contribution is -2.40. The molecule has 1 aliphatic rings. The maximum atomic E-state index is 11.7. The van der Waals surface area contributed by atoms with Crippen LogP contribution in [0.25, 0.3) is 0 Å². The molecule has 0 saturated carbocycles. The minimum Gasteiger partial charge on any atom is -0.383 e. The number of benzene rings is 1. The molecule has 0 aromatic heterocycles. The third kappa shape index (κ3) is 5.98. The van der Waals surface area contributed by atoms with Gasteiger partial charge in [-0.25, -0.2) is 4.99 Å². The van der Waals surface area contributed by atoms with Gasteiger partial charge >= 0.3 is 0 Å². The number of hydrogen-bond acceptors (Lipinski definition) is 3. The summed E-state index contributed by atoms with van der Waals surface area (Å²) in [7, 11) is 1.65. The Morgan fingerprint density at radius 1 is 1.43 bits per heavy atom. The zero-order chi connectivity index (χ0) is 15.9. The number of ether oxygens (including phenoxy) is 1. The third-order valence-electron chi connectivity index (χ3n) is 3.56. The van der Waals surface area contributed by atoms with Crippen molar-refractivity contribution in [3.63, 3.8) is 0 Å². The summed E-state index contributed by atoms with van der Waals surface area (Å²) < 4.78 is 5.03. The first-order chi connectivity index (χ1) is 10.6. The molecule has 1 heterocycles. The Bertz CT molecular complexity index is 533. The Labute approximate surface area is 154 Å². The highest BCUT2D eigenvalue weighted by molar-refractivity contribution is 14.0. The first kappa shape index (κ1) is 19.7. The first-order valence-electron chi connectivity index (χ1n) is 7.55. The van der Waals surface area contributed by atoms with E-state index in [0.717, 1.165) is 24.2 Å². The van der Waals surface area contributed by atoms with Crippen LogP contribution in [0.4, 0.5) is 5.69 Å². The molecule has 1 aromatic rings. The van der Waals surface area contributed by atoms with Crippen LogP contribution >= 0.6 is 24.0 Å². The SMILES string of the molecule is COCC(C)NC(N)=NCc1ccc(N2CCCC2=O)cc1.I. The number of halogens is 1. The molecule has 1 aliphatic heterocycles. The number of amides is 1. The molecule has 6 nitrogen and oxygen atoms in total. The summed E-state index contributed by atoms with van der Waals surface area (Å²) in [5, 5.41) is 3.06. The highest BCUT2D eigenvalue weighted by Crippen LogP contribution is 2.21. The van der Waals surface area contributed by atoms with E-state index < -0.39 is 0 Å². The fourth-order valence-corrected chi connectivity index (χ4v) is 2.47. The molecule has 128 valence electrons. The number of nitrogens with zero attached hydrogens (tertiary/aromatic N) is 2. The molecule has 1 aromatic carbocycles. The van der Waals surface area contributed by atoms with E-state index >= 15 is 0 Å². The second kappa shape index (κ2) is 9.71. The largest absolute Gasteiger partial charge is 0.383 e. The summed E-state index contributed by atoms with van der Waals surface area (Å²) in [6.45, 7) is 3.87. The van der Waals surface area contributed by atoms with Crippen LogP contribution in [-0.2, 0) is 16.1 Å². The second-order valence-corrected chi connectivity index (χ2v) is 5.52. The summed E-state index contributed by atoms with van der Waals surface area (Å²) in [6.07, 6.45) is 1.58. The van der Waals surface area contributed by atoms with Gasteiger partial charge in [0.15, 0.2) is 5.96 Å². The van der Waals surface area contributed by atoms with Crippen LogP contribution in [0.15, 0.2) is 29.3 Å². The number of methoxy groups -OCH3 is 1. The third-order valence-corrected chi connectivity index (χ3v) is 3.56. The van der Waals surface area contributed by atoms with E-state index in [0.29, 0.717) is 25.5 Å². The Hall–Kier alpha value is -1.35. The number of aliphatic imine (C=N–C) groups is 1. The second-order valence-electron chi connectivity index (χ2n) is 5.52. The number of nitrogens with one attached hydrogen (secondary N) is 1. The lowest BCUT2D eigenvalue weighted by atomic mass is 10.2. The molecule has 23 heavy (non-hydrogen) atoms. The molecule has 7 heteroatoms. The van der Waals surface area contributed by atoms with Crippen LogP contribution < -0.4 is 16.0 Å². The van der Waals surface area contributed by atoms with Gasteiger partial charge in [-0.05, 0) is 31.0 Å². The highest BCUT2D eigenvalue weighted by Gasteiger charge is 2.21. The van der Waals surface area contributed by atoms with Gasteiger partial charge in [-0.15, -0.1) is 24.0 Å². The van der Waals surface area contributed by atoms with Crippen LogP contribution in [-0.4, -0.2) is 38.2 Å². The monoisotopic (exact) mass is 432 g/mol. The predicted octanol–water partition coefficient (Wildman–Crippen LogP) is 1.87. The number of nitrogens with two attached hydrogens (primary N) is 1. The van der Waals surface area contributed by atoms with Gasteiger partial charge in [0.2, 0.25) is 5.91 Å². The summed E-state index contributed by atoms with van der Waals surface area (Å²) in [5.41, 5.74) is 7.84. The lowest BCUT2D eigenvalue weighted by molar-refractivity contribution is -0.117. The van der Waals surface area contributed by atoms with Gasteiger partial charge in [-0.3, -0.25) is 4.79 Å². The quantitative estimate of drug-likeness (QED) is 0.409. The minimum absolute atomic E-state index is 0. The molecule has 1 fully saturated rings. The Kier molecular flexibility index (Phi) is 8.32. The summed E-state index contributed by atoms with van der Waals surface area (Å²) in [6, 6.07) is 8.01. The Morgan fingerprint density at radius 2 is 2.13 bits per heavy atom. The number of guanidine groups is 1. The van der Waals surface area contributed by atoms with Crippen LogP contribution in [0.3, 0.4) is 0 Å². The van der Waals surface area contributed by atoms with E-state index in [2.05, 4.69) is 10.3 Å². The highest BCUT2D eigenvalue weighted by atomic mass is 127. The predicted molar refractivity (Wildman–Crippen MR) is 103 cm³/mol. The van der Waals surface area contributed by atoms with Gasteiger partial charge < -0.3 is 20.7 Å². The molecule has 0 radical (unpaired) electrons. The van der Waals surface area contributed by atoms with E-state index in [1.165, 1.54) is 0 Å². The number of hydrogen-bond donors (Lipinski definition) is 2. The first-order valence-corrected chi connectivity index (χ1v) is 7.55. The van der Waals surface area contributed by atoms with Gasteiger partial charge in [0, 0.05) is 31.8 Å². The molecular weight excluding hydrogens is 407 g/mol. The summed E-state index contributed by atoms with van der Waals surface area (Å²) >= 11 is 0. The molecule has 1 atom stereocenters. The molecular formula is C16H25IN4O2. The van der Waals surface area contributed by atoms with Gasteiger partial charge in [0.05, 0.1) is 13.2 Å². The zero-order valence-electron chi connectivity index (χ0n) is 13.6. The zero-order valence-corrected chi connectivity index (χ0v) is 15.9. The van der Waals surface area contributed by atoms with Crippen molar-refractivity contribution in [2.75, 3.05) is 25.2 Å². The van der Waals surface area contributed by atoms with Gasteiger partial charge in [-0.2, -0.15) is 0 Å². The van der Waals surface area contributed by atoms with Crippen molar-refractivity contribution in [2.24, 2.45) is 10.7 Å². The maximum absolute atomic E-state index is 11.7. The topological polar surface area (TPSA) is 80.0 Å². The van der Waals surface area contributed by atoms with E-state index in [9.17, 15) is 4.79 Å². The van der Waals surface area contributed by atoms with Crippen molar-refractivity contribution < 1.29 is 9.53 Å². The van der Waals surface area contributed by atoms with Crippen molar-refractivity contribution in [1.29, 1.82) is 0 Å². The van der Waals surface area contributed by atoms with E-state index in [-0.39, 0.29) is 35.9 Å². The molecule has 1 unspecified atom stereocenters. The molecule has 2 rings (SSSR count). The van der Waals surface area contributed by atoms with Crippen LogP contribution in [0.1, 0.15) is 25.3 Å². The van der Waals surface area contributed by atoms with Gasteiger partial charge in [0.25, 0.3) is 0 Å². The fourth-order valence-electron chi connectivity index (χ4n) is 2.47. The molecule has 0 aliphatic carbocycles. The lowest BCUT2D eigenvalue weighted by Gasteiger charge is -2.16. The smallest absolute Gasteiger partial charge is 0.227 e. The van der Waals surface area contributed by atoms with Gasteiger partial charge in [-0.1, -0.05) is 12.1 Å². The average molecular weight is 432 g/mol. The van der Waals surface area contributed by atoms with Crippen LogP contribution in [0, 0.1) is 0 Å². The standard InChI is InChI=1S/C16H24N4O2.HI/c1-12(11-22-2)19-16(17)18-10-13-5-7-14(8-6-13)20-9-3-4-15(20)21;/h5-8,12H,3-4,9-11H2,1-2H3,(H3,17,18,19);1H. The number of carbonyl (C=O) groups is 1. The number of rotatable bonds is 6. The molecule has 1 saturated heterocycles. The Morgan fingerprint density at radius 3 is 2.70 bits per heavy atom. The number of anilines is 1. The van der Waals surface area contributed by atoms with Crippen LogP contribution in [0.5, 0.6) is 0 Å². The van der Waals surface area contributed by atoms with Crippen molar-refractivity contribution in [2.45, 2.75) is 32.4 Å². The van der Waals surface area contributed by atoms with Crippen molar-refractivity contribution in [3.8, 4) is 0 Å². The van der Waals surface area contributed by atoms with Crippen LogP contribution in [0.2, 0.25) is 0 Å². The number of carbonyl (C=O) groups excluding carboxylic acids is 1.